The largest absolute Gasteiger partial charge is 0.371 e. The topological polar surface area (TPSA) is 68.1 Å². The SMILES string of the molecule is Cc1ccc(NC2CCc3cccnc32)c([N+](=O)[O-])c1. The van der Waals surface area contributed by atoms with E-state index in [9.17, 15) is 10.1 Å². The van der Waals surface area contributed by atoms with Crippen molar-refractivity contribution in [3.8, 4) is 0 Å². The van der Waals surface area contributed by atoms with Crippen LogP contribution in [0.25, 0.3) is 0 Å². The van der Waals surface area contributed by atoms with Gasteiger partial charge in [0.15, 0.2) is 0 Å². The van der Waals surface area contributed by atoms with Gasteiger partial charge in [-0.2, -0.15) is 0 Å². The van der Waals surface area contributed by atoms with Gasteiger partial charge in [-0.3, -0.25) is 15.1 Å². The first-order chi connectivity index (χ1) is 9.65. The van der Waals surface area contributed by atoms with Gasteiger partial charge in [0.1, 0.15) is 5.69 Å². The highest BCUT2D eigenvalue weighted by Gasteiger charge is 2.25. The Hall–Kier alpha value is -2.43. The van der Waals surface area contributed by atoms with E-state index in [1.165, 1.54) is 5.56 Å². The van der Waals surface area contributed by atoms with Gasteiger partial charge in [0.25, 0.3) is 5.69 Å². The van der Waals surface area contributed by atoms with Gasteiger partial charge in [0.05, 0.1) is 16.7 Å². The molecule has 1 heterocycles. The number of nitrogens with zero attached hydrogens (tertiary/aromatic N) is 2. The predicted molar refractivity (Wildman–Crippen MR) is 76.8 cm³/mol. The molecule has 20 heavy (non-hydrogen) atoms. The standard InChI is InChI=1S/C15H15N3O2/c1-10-4-6-12(14(9-10)18(19)20)17-13-7-5-11-3-2-8-16-15(11)13/h2-4,6,8-9,13,17H,5,7H2,1H3. The van der Waals surface area contributed by atoms with E-state index < -0.39 is 0 Å². The van der Waals surface area contributed by atoms with E-state index in [-0.39, 0.29) is 16.7 Å². The Kier molecular flexibility index (Phi) is 3.10. The lowest BCUT2D eigenvalue weighted by Gasteiger charge is -2.14. The minimum Gasteiger partial charge on any atom is -0.371 e. The molecule has 1 aromatic heterocycles. The van der Waals surface area contributed by atoms with Gasteiger partial charge in [0.2, 0.25) is 0 Å². The summed E-state index contributed by atoms with van der Waals surface area (Å²) in [4.78, 5) is 15.2. The van der Waals surface area contributed by atoms with Crippen LogP contribution in [0.15, 0.2) is 36.5 Å². The number of nitro benzene ring substituents is 1. The molecule has 2 aromatic rings. The Labute approximate surface area is 116 Å². The Bertz CT molecular complexity index is 670. The van der Waals surface area contributed by atoms with Gasteiger partial charge in [-0.25, -0.2) is 0 Å². The van der Waals surface area contributed by atoms with Crippen molar-refractivity contribution < 1.29 is 4.92 Å². The van der Waals surface area contributed by atoms with E-state index in [2.05, 4.69) is 16.4 Å². The normalized spacial score (nSPS) is 16.8. The smallest absolute Gasteiger partial charge is 0.292 e. The molecule has 0 saturated carbocycles. The number of aryl methyl sites for hydroxylation is 2. The molecule has 1 unspecified atom stereocenters. The summed E-state index contributed by atoms with van der Waals surface area (Å²) in [5.74, 6) is 0. The fraction of sp³-hybridized carbons (Fsp3) is 0.267. The molecule has 102 valence electrons. The molecule has 5 nitrogen and oxygen atoms in total. The average molecular weight is 269 g/mol. The number of nitro groups is 1. The first kappa shape index (κ1) is 12.6. The van der Waals surface area contributed by atoms with Crippen molar-refractivity contribution in [3.63, 3.8) is 0 Å². The van der Waals surface area contributed by atoms with Crippen molar-refractivity contribution in [1.29, 1.82) is 0 Å². The quantitative estimate of drug-likeness (QED) is 0.685. The first-order valence-electron chi connectivity index (χ1n) is 6.60. The zero-order valence-electron chi connectivity index (χ0n) is 11.2. The molecule has 1 aromatic carbocycles. The Morgan fingerprint density at radius 1 is 1.40 bits per heavy atom. The van der Waals surface area contributed by atoms with Gasteiger partial charge in [-0.05, 0) is 43.0 Å². The third-order valence-electron chi connectivity index (χ3n) is 3.64. The number of hydrogen-bond acceptors (Lipinski definition) is 4. The maximum atomic E-state index is 11.1. The lowest BCUT2D eigenvalue weighted by Crippen LogP contribution is -2.10. The second kappa shape index (κ2) is 4.92. The third kappa shape index (κ3) is 2.22. The monoisotopic (exact) mass is 269 g/mol. The summed E-state index contributed by atoms with van der Waals surface area (Å²) in [6.45, 7) is 1.85. The van der Waals surface area contributed by atoms with Crippen molar-refractivity contribution in [2.45, 2.75) is 25.8 Å². The lowest BCUT2D eigenvalue weighted by molar-refractivity contribution is -0.384. The van der Waals surface area contributed by atoms with Crippen LogP contribution in [0.1, 0.15) is 29.3 Å². The second-order valence-corrected chi connectivity index (χ2v) is 5.06. The van der Waals surface area contributed by atoms with Crippen molar-refractivity contribution in [2.24, 2.45) is 0 Å². The number of benzene rings is 1. The zero-order valence-corrected chi connectivity index (χ0v) is 11.2. The second-order valence-electron chi connectivity index (χ2n) is 5.06. The summed E-state index contributed by atoms with van der Waals surface area (Å²) in [6, 6.07) is 9.28. The van der Waals surface area contributed by atoms with Crippen molar-refractivity contribution >= 4 is 11.4 Å². The van der Waals surface area contributed by atoms with Crippen LogP contribution in [0, 0.1) is 17.0 Å². The Balaban J connectivity index is 1.92. The van der Waals surface area contributed by atoms with Crippen molar-refractivity contribution in [1.82, 2.24) is 4.98 Å². The fourth-order valence-electron chi connectivity index (χ4n) is 2.66. The van der Waals surface area contributed by atoms with Crippen LogP contribution in [0.2, 0.25) is 0 Å². The molecule has 3 rings (SSSR count). The molecule has 5 heteroatoms. The fourth-order valence-corrected chi connectivity index (χ4v) is 2.66. The molecule has 0 saturated heterocycles. The highest BCUT2D eigenvalue weighted by Crippen LogP contribution is 2.35. The molecule has 0 spiro atoms. The molecule has 1 aliphatic carbocycles. The van der Waals surface area contributed by atoms with E-state index in [1.807, 2.05) is 19.1 Å². The maximum Gasteiger partial charge on any atom is 0.292 e. The third-order valence-corrected chi connectivity index (χ3v) is 3.64. The molecule has 0 bridgehead atoms. The summed E-state index contributed by atoms with van der Waals surface area (Å²) in [6.07, 6.45) is 3.64. The van der Waals surface area contributed by atoms with Crippen LogP contribution >= 0.6 is 0 Å². The summed E-state index contributed by atoms with van der Waals surface area (Å²) in [7, 11) is 0. The van der Waals surface area contributed by atoms with Crippen LogP contribution < -0.4 is 5.32 Å². The lowest BCUT2D eigenvalue weighted by atomic mass is 10.1. The summed E-state index contributed by atoms with van der Waals surface area (Å²) >= 11 is 0. The van der Waals surface area contributed by atoms with Crippen LogP contribution in [0.4, 0.5) is 11.4 Å². The van der Waals surface area contributed by atoms with E-state index >= 15 is 0 Å². The molecule has 1 aliphatic rings. The van der Waals surface area contributed by atoms with E-state index in [4.69, 9.17) is 0 Å². The maximum absolute atomic E-state index is 11.1. The molecule has 0 aliphatic heterocycles. The predicted octanol–water partition coefficient (Wildman–Crippen LogP) is 3.40. The molecular formula is C15H15N3O2. The number of anilines is 1. The zero-order chi connectivity index (χ0) is 14.1. The minimum atomic E-state index is -0.344. The number of hydrogen-bond donors (Lipinski definition) is 1. The summed E-state index contributed by atoms with van der Waals surface area (Å²) < 4.78 is 0. The Morgan fingerprint density at radius 2 is 2.25 bits per heavy atom. The van der Waals surface area contributed by atoms with E-state index in [0.29, 0.717) is 5.69 Å². The van der Waals surface area contributed by atoms with Crippen LogP contribution in [-0.4, -0.2) is 9.91 Å². The number of rotatable bonds is 3. The van der Waals surface area contributed by atoms with E-state index in [1.54, 1.807) is 18.3 Å². The van der Waals surface area contributed by atoms with Crippen molar-refractivity contribution in [3.05, 3.63) is 63.5 Å². The number of aromatic nitrogens is 1. The Morgan fingerprint density at radius 3 is 3.05 bits per heavy atom. The highest BCUT2D eigenvalue weighted by molar-refractivity contribution is 5.63. The molecule has 1 atom stereocenters. The molecule has 0 radical (unpaired) electrons. The van der Waals surface area contributed by atoms with Gasteiger partial charge >= 0.3 is 0 Å². The van der Waals surface area contributed by atoms with Crippen LogP contribution in [-0.2, 0) is 6.42 Å². The number of pyridine rings is 1. The van der Waals surface area contributed by atoms with Crippen molar-refractivity contribution in [2.75, 3.05) is 5.32 Å². The number of fused-ring (bicyclic) bond motifs is 1. The highest BCUT2D eigenvalue weighted by atomic mass is 16.6. The molecule has 0 amide bonds. The summed E-state index contributed by atoms with van der Waals surface area (Å²) in [5.41, 5.74) is 3.79. The van der Waals surface area contributed by atoms with Crippen LogP contribution in [0.5, 0.6) is 0 Å². The first-order valence-corrected chi connectivity index (χ1v) is 6.60. The van der Waals surface area contributed by atoms with Gasteiger partial charge < -0.3 is 5.32 Å². The van der Waals surface area contributed by atoms with Gasteiger partial charge in [-0.15, -0.1) is 0 Å². The molecular weight excluding hydrogens is 254 g/mol. The minimum absolute atomic E-state index is 0.0487. The molecule has 0 fully saturated rings. The van der Waals surface area contributed by atoms with E-state index in [0.717, 1.165) is 24.1 Å². The molecule has 1 N–H and O–H groups in total. The average Bonchev–Trinajstić information content (AvgIpc) is 2.84. The van der Waals surface area contributed by atoms with Crippen LogP contribution in [0.3, 0.4) is 0 Å². The summed E-state index contributed by atoms with van der Waals surface area (Å²) in [5, 5.41) is 14.4. The van der Waals surface area contributed by atoms with Gasteiger partial charge in [0, 0.05) is 12.3 Å². The van der Waals surface area contributed by atoms with Gasteiger partial charge in [-0.1, -0.05) is 12.1 Å². The number of nitrogens with one attached hydrogen (secondary N) is 1.